The molecule has 1 N–H and O–H groups in total. The minimum Gasteiger partial charge on any atom is -0.323 e. The van der Waals surface area contributed by atoms with E-state index in [1.165, 1.54) is 11.8 Å². The van der Waals surface area contributed by atoms with E-state index in [0.717, 1.165) is 6.42 Å². The SMILES string of the molecule is CCCC1NC(C)C(=O)N1C(C)CC(F)(F)F. The number of carbonyl (C=O) groups excluding carboxylic acids is 1. The van der Waals surface area contributed by atoms with Crippen LogP contribution >= 0.6 is 0 Å². The monoisotopic (exact) mass is 252 g/mol. The van der Waals surface area contributed by atoms with Gasteiger partial charge in [0.1, 0.15) is 0 Å². The van der Waals surface area contributed by atoms with E-state index in [9.17, 15) is 18.0 Å². The van der Waals surface area contributed by atoms with Crippen molar-refractivity contribution in [1.82, 2.24) is 10.2 Å². The number of carbonyl (C=O) groups is 1. The molecule has 0 spiro atoms. The highest BCUT2D eigenvalue weighted by Crippen LogP contribution is 2.27. The molecule has 0 aromatic heterocycles. The lowest BCUT2D eigenvalue weighted by Gasteiger charge is -2.30. The third-order valence-corrected chi connectivity index (χ3v) is 2.97. The highest BCUT2D eigenvalue weighted by Gasteiger charge is 2.42. The van der Waals surface area contributed by atoms with Crippen LogP contribution in [0.2, 0.25) is 0 Å². The van der Waals surface area contributed by atoms with Gasteiger partial charge < -0.3 is 4.90 Å². The van der Waals surface area contributed by atoms with Gasteiger partial charge in [0.05, 0.1) is 18.6 Å². The highest BCUT2D eigenvalue weighted by molar-refractivity contribution is 5.84. The standard InChI is InChI=1S/C11H19F3N2O/c1-4-5-9-15-8(3)10(17)16(9)7(2)6-11(12,13)14/h7-9,15H,4-6H2,1-3H3. The zero-order chi connectivity index (χ0) is 13.2. The summed E-state index contributed by atoms with van der Waals surface area (Å²) < 4.78 is 37.0. The van der Waals surface area contributed by atoms with Crippen molar-refractivity contribution in [2.24, 2.45) is 0 Å². The van der Waals surface area contributed by atoms with Gasteiger partial charge in [-0.05, 0) is 20.3 Å². The molecular formula is C11H19F3N2O. The Morgan fingerprint density at radius 1 is 1.47 bits per heavy atom. The maximum absolute atomic E-state index is 12.3. The van der Waals surface area contributed by atoms with E-state index in [1.807, 2.05) is 6.92 Å². The Hall–Kier alpha value is -0.780. The summed E-state index contributed by atoms with van der Waals surface area (Å²) in [6, 6.07) is -1.20. The van der Waals surface area contributed by atoms with Crippen LogP contribution in [0.25, 0.3) is 0 Å². The molecule has 1 rings (SSSR count). The van der Waals surface area contributed by atoms with Crippen LogP contribution in [0.4, 0.5) is 13.2 Å². The molecule has 0 radical (unpaired) electrons. The Bertz CT molecular complexity index is 280. The number of alkyl halides is 3. The van der Waals surface area contributed by atoms with E-state index >= 15 is 0 Å². The van der Waals surface area contributed by atoms with Crippen LogP contribution in [0.5, 0.6) is 0 Å². The van der Waals surface area contributed by atoms with Crippen LogP contribution in [0.15, 0.2) is 0 Å². The summed E-state index contributed by atoms with van der Waals surface area (Å²) in [5.41, 5.74) is 0. The second-order valence-electron chi connectivity index (χ2n) is 4.61. The zero-order valence-electron chi connectivity index (χ0n) is 10.3. The van der Waals surface area contributed by atoms with Gasteiger partial charge in [0.2, 0.25) is 5.91 Å². The fraction of sp³-hybridized carbons (Fsp3) is 0.909. The van der Waals surface area contributed by atoms with Crippen molar-refractivity contribution in [3.05, 3.63) is 0 Å². The Morgan fingerprint density at radius 3 is 2.53 bits per heavy atom. The molecule has 0 aromatic carbocycles. The maximum Gasteiger partial charge on any atom is 0.391 e. The molecule has 1 saturated heterocycles. The largest absolute Gasteiger partial charge is 0.391 e. The summed E-state index contributed by atoms with van der Waals surface area (Å²) in [6.45, 7) is 5.08. The summed E-state index contributed by atoms with van der Waals surface area (Å²) in [5, 5.41) is 3.03. The molecule has 0 aliphatic carbocycles. The maximum atomic E-state index is 12.3. The lowest BCUT2D eigenvalue weighted by atomic mass is 10.1. The van der Waals surface area contributed by atoms with E-state index in [0.29, 0.717) is 6.42 Å². The third kappa shape index (κ3) is 3.59. The number of nitrogens with zero attached hydrogens (tertiary/aromatic N) is 1. The molecular weight excluding hydrogens is 233 g/mol. The molecule has 1 heterocycles. The van der Waals surface area contributed by atoms with E-state index < -0.39 is 18.6 Å². The Balaban J connectivity index is 2.73. The molecule has 3 unspecified atom stereocenters. The number of hydrogen-bond donors (Lipinski definition) is 1. The van der Waals surface area contributed by atoms with Crippen LogP contribution in [0.1, 0.15) is 40.0 Å². The quantitative estimate of drug-likeness (QED) is 0.832. The fourth-order valence-electron chi connectivity index (χ4n) is 2.27. The first-order chi connectivity index (χ1) is 7.76. The van der Waals surface area contributed by atoms with Gasteiger partial charge >= 0.3 is 6.18 Å². The summed E-state index contributed by atoms with van der Waals surface area (Å²) in [6.07, 6.45) is -3.94. The lowest BCUT2D eigenvalue weighted by Crippen LogP contribution is -2.45. The number of rotatable bonds is 4. The van der Waals surface area contributed by atoms with Crippen molar-refractivity contribution in [3.8, 4) is 0 Å². The normalized spacial score (nSPS) is 27.6. The minimum atomic E-state index is -4.23. The first kappa shape index (κ1) is 14.3. The number of halogens is 3. The summed E-state index contributed by atoms with van der Waals surface area (Å²) in [7, 11) is 0. The van der Waals surface area contributed by atoms with E-state index in [4.69, 9.17) is 0 Å². The van der Waals surface area contributed by atoms with Gasteiger partial charge in [-0.2, -0.15) is 13.2 Å². The van der Waals surface area contributed by atoms with Crippen molar-refractivity contribution in [3.63, 3.8) is 0 Å². The highest BCUT2D eigenvalue weighted by atomic mass is 19.4. The van der Waals surface area contributed by atoms with Gasteiger partial charge in [0, 0.05) is 6.04 Å². The molecule has 17 heavy (non-hydrogen) atoms. The van der Waals surface area contributed by atoms with Gasteiger partial charge in [-0.3, -0.25) is 10.1 Å². The molecule has 6 heteroatoms. The molecule has 3 atom stereocenters. The molecule has 1 fully saturated rings. The summed E-state index contributed by atoms with van der Waals surface area (Å²) in [5.74, 6) is -0.236. The smallest absolute Gasteiger partial charge is 0.323 e. The van der Waals surface area contributed by atoms with Crippen LogP contribution in [-0.4, -0.2) is 35.2 Å². The molecule has 0 aromatic rings. The van der Waals surface area contributed by atoms with Crippen LogP contribution < -0.4 is 5.32 Å². The molecule has 1 aliphatic rings. The van der Waals surface area contributed by atoms with Crippen molar-refractivity contribution >= 4 is 5.91 Å². The van der Waals surface area contributed by atoms with Gasteiger partial charge in [-0.1, -0.05) is 13.3 Å². The summed E-state index contributed by atoms with van der Waals surface area (Å²) in [4.78, 5) is 13.2. The van der Waals surface area contributed by atoms with Crippen LogP contribution in [-0.2, 0) is 4.79 Å². The van der Waals surface area contributed by atoms with E-state index in [2.05, 4.69) is 5.32 Å². The molecule has 1 aliphatic heterocycles. The third-order valence-electron chi connectivity index (χ3n) is 2.97. The van der Waals surface area contributed by atoms with Crippen molar-refractivity contribution in [2.45, 2.75) is 64.5 Å². The van der Waals surface area contributed by atoms with Gasteiger partial charge in [0.25, 0.3) is 0 Å². The molecule has 3 nitrogen and oxygen atoms in total. The van der Waals surface area contributed by atoms with E-state index in [-0.39, 0.29) is 18.1 Å². The van der Waals surface area contributed by atoms with Gasteiger partial charge in [-0.25, -0.2) is 0 Å². The first-order valence-corrected chi connectivity index (χ1v) is 5.91. The van der Waals surface area contributed by atoms with Gasteiger partial charge in [0.15, 0.2) is 0 Å². The van der Waals surface area contributed by atoms with Crippen LogP contribution in [0, 0.1) is 0 Å². The Labute approximate surface area is 99.4 Å². The molecule has 100 valence electrons. The van der Waals surface area contributed by atoms with Crippen LogP contribution in [0.3, 0.4) is 0 Å². The Morgan fingerprint density at radius 2 is 2.06 bits per heavy atom. The minimum absolute atomic E-state index is 0.236. The van der Waals surface area contributed by atoms with Crippen molar-refractivity contribution < 1.29 is 18.0 Å². The lowest BCUT2D eigenvalue weighted by molar-refractivity contribution is -0.153. The second kappa shape index (κ2) is 5.25. The topological polar surface area (TPSA) is 32.3 Å². The molecule has 0 bridgehead atoms. The predicted molar refractivity (Wildman–Crippen MR) is 58.3 cm³/mol. The van der Waals surface area contributed by atoms with Crippen molar-refractivity contribution in [1.29, 1.82) is 0 Å². The van der Waals surface area contributed by atoms with E-state index in [1.54, 1.807) is 6.92 Å². The average molecular weight is 252 g/mol. The first-order valence-electron chi connectivity index (χ1n) is 5.91. The predicted octanol–water partition coefficient (Wildman–Crippen LogP) is 2.27. The number of hydrogen-bond acceptors (Lipinski definition) is 2. The zero-order valence-corrected chi connectivity index (χ0v) is 10.3. The van der Waals surface area contributed by atoms with Gasteiger partial charge in [-0.15, -0.1) is 0 Å². The second-order valence-corrected chi connectivity index (χ2v) is 4.61. The summed E-state index contributed by atoms with van der Waals surface area (Å²) >= 11 is 0. The fourth-order valence-corrected chi connectivity index (χ4v) is 2.27. The average Bonchev–Trinajstić information content (AvgIpc) is 2.40. The Kier molecular flexibility index (Phi) is 4.41. The van der Waals surface area contributed by atoms with Crippen molar-refractivity contribution in [2.75, 3.05) is 0 Å². The number of nitrogens with one attached hydrogen (secondary N) is 1. The molecule has 0 saturated carbocycles. The molecule has 1 amide bonds. The number of amides is 1.